The smallest absolute Gasteiger partial charge is 0.255 e. The molecular weight excluding hydrogens is 355 g/mol. The molecule has 0 bridgehead atoms. The topological polar surface area (TPSA) is 81.4 Å². The summed E-state index contributed by atoms with van der Waals surface area (Å²) in [7, 11) is -1.44. The summed E-state index contributed by atoms with van der Waals surface area (Å²) in [5.74, 6) is 2.34. The number of nitrogens with two attached hydrogens (primary N) is 1. The molecule has 2 aromatic carbocycles. The Balaban J connectivity index is 0.00000146. The van der Waals surface area contributed by atoms with Crippen LogP contribution in [0.5, 0.6) is 5.75 Å². The fourth-order valence-corrected chi connectivity index (χ4v) is 2.38. The Morgan fingerprint density at radius 1 is 1.12 bits per heavy atom. The fraction of sp³-hybridized carbons (Fsp3) is 0.263. The number of ether oxygens (including phenoxy) is 1. The molecular formula is C19H27FN2O3S. The number of anilines is 1. The molecule has 26 heavy (non-hydrogen) atoms. The van der Waals surface area contributed by atoms with Crippen molar-refractivity contribution in [2.24, 2.45) is 5.14 Å². The van der Waals surface area contributed by atoms with E-state index in [0.717, 1.165) is 6.07 Å². The van der Waals surface area contributed by atoms with Crippen molar-refractivity contribution < 1.29 is 18.1 Å². The van der Waals surface area contributed by atoms with Gasteiger partial charge in [-0.05, 0) is 48.3 Å². The van der Waals surface area contributed by atoms with Gasteiger partial charge in [0.2, 0.25) is 0 Å². The monoisotopic (exact) mass is 382 g/mol. The summed E-state index contributed by atoms with van der Waals surface area (Å²) in [4.78, 5) is 12.4. The first-order chi connectivity index (χ1) is 12.3. The first kappa shape index (κ1) is 23.6. The second kappa shape index (κ2) is 11.3. The van der Waals surface area contributed by atoms with Crippen molar-refractivity contribution in [3.63, 3.8) is 0 Å². The van der Waals surface area contributed by atoms with Crippen LogP contribution in [0.15, 0.2) is 47.4 Å². The highest BCUT2D eigenvalue weighted by Crippen LogP contribution is 2.19. The number of carbonyl (C=O) groups excluding carboxylic acids is 1. The Bertz CT molecular complexity index is 804. The predicted octanol–water partition coefficient (Wildman–Crippen LogP) is 4.09. The minimum Gasteiger partial charge on any atom is -0.494 e. The van der Waals surface area contributed by atoms with Crippen molar-refractivity contribution in [1.29, 1.82) is 0 Å². The minimum atomic E-state index is -2.79. The molecule has 0 aromatic heterocycles. The molecule has 1 unspecified atom stereocenters. The summed E-state index contributed by atoms with van der Waals surface area (Å²) >= 11 is 0. The molecule has 0 aliphatic rings. The number of benzene rings is 2. The third-order valence-electron chi connectivity index (χ3n) is 2.93. The van der Waals surface area contributed by atoms with E-state index in [1.165, 1.54) is 31.4 Å². The number of halogens is 1. The molecule has 144 valence electrons. The summed E-state index contributed by atoms with van der Waals surface area (Å²) in [6.45, 7) is 8.00. The average Bonchev–Trinajstić information content (AvgIpc) is 2.64. The van der Waals surface area contributed by atoms with Crippen LogP contribution in [0.4, 0.5) is 10.1 Å². The van der Waals surface area contributed by atoms with Gasteiger partial charge in [-0.25, -0.2) is 8.60 Å². The van der Waals surface area contributed by atoms with Crippen molar-refractivity contribution in [3.8, 4) is 5.75 Å². The maximum Gasteiger partial charge on any atom is 0.255 e. The number of nitrogens with one attached hydrogen (secondary N) is 1. The van der Waals surface area contributed by atoms with E-state index in [1.54, 1.807) is 12.1 Å². The molecule has 7 heteroatoms. The number of methoxy groups -OCH3 is 1. The zero-order valence-electron chi connectivity index (χ0n) is 15.8. The quantitative estimate of drug-likeness (QED) is 0.782. The van der Waals surface area contributed by atoms with E-state index in [2.05, 4.69) is 11.2 Å². The van der Waals surface area contributed by atoms with E-state index in [1.807, 2.05) is 27.7 Å². The summed E-state index contributed by atoms with van der Waals surface area (Å²) in [5, 5.41) is 8.02. The van der Waals surface area contributed by atoms with Crippen LogP contribution in [0.25, 0.3) is 0 Å². The summed E-state index contributed by atoms with van der Waals surface area (Å²) in [6.07, 6.45) is 0. The van der Waals surface area contributed by atoms with E-state index in [9.17, 15) is 13.4 Å². The molecule has 2 aromatic rings. The van der Waals surface area contributed by atoms with Gasteiger partial charge in [-0.1, -0.05) is 27.7 Å². The number of rotatable bonds is 4. The standard InChI is InChI=1S/C15H15FN2O3S.2C2H6/c1-21-14-8-3-10(9-13(14)16)15(19)18-11-4-6-12(7-5-11)22(2,17)20;2*1-2/h3-9H,2H2,1H3,(H2,17,20)(H,18,19);2*1-2H3. The fourth-order valence-electron chi connectivity index (χ4n) is 1.78. The van der Waals surface area contributed by atoms with Crippen molar-refractivity contribution in [2.75, 3.05) is 12.4 Å². The Kier molecular flexibility index (Phi) is 10.2. The van der Waals surface area contributed by atoms with Gasteiger partial charge in [-0.2, -0.15) is 0 Å². The second-order valence-electron chi connectivity index (χ2n) is 4.55. The molecule has 5 nitrogen and oxygen atoms in total. The highest BCUT2D eigenvalue weighted by molar-refractivity contribution is 7.98. The van der Waals surface area contributed by atoms with Gasteiger partial charge < -0.3 is 10.1 Å². The Hall–Kier alpha value is -2.38. The van der Waals surface area contributed by atoms with Gasteiger partial charge in [0.05, 0.1) is 16.8 Å². The molecule has 0 spiro atoms. The first-order valence-corrected chi connectivity index (χ1v) is 10.0. The summed E-state index contributed by atoms with van der Waals surface area (Å²) < 4.78 is 29.9. The Labute approximate surface area is 155 Å². The van der Waals surface area contributed by atoms with Crippen molar-refractivity contribution in [3.05, 3.63) is 53.8 Å². The largest absolute Gasteiger partial charge is 0.494 e. The van der Waals surface area contributed by atoms with Gasteiger partial charge in [0.25, 0.3) is 5.91 Å². The molecule has 0 saturated carbocycles. The number of hydrogen-bond acceptors (Lipinski definition) is 3. The lowest BCUT2D eigenvalue weighted by molar-refractivity contribution is 0.102. The average molecular weight is 383 g/mol. The summed E-state index contributed by atoms with van der Waals surface area (Å²) in [6, 6.07) is 10.0. The van der Waals surface area contributed by atoms with E-state index in [4.69, 9.17) is 9.88 Å². The third-order valence-corrected chi connectivity index (χ3v) is 4.00. The maximum atomic E-state index is 13.6. The maximum absolute atomic E-state index is 13.6. The van der Waals surface area contributed by atoms with Crippen LogP contribution in [0.3, 0.4) is 0 Å². The lowest BCUT2D eigenvalue weighted by Gasteiger charge is -2.08. The zero-order chi connectivity index (χ0) is 20.3. The summed E-state index contributed by atoms with van der Waals surface area (Å²) in [5.41, 5.74) is 0.621. The highest BCUT2D eigenvalue weighted by Gasteiger charge is 2.10. The first-order valence-electron chi connectivity index (χ1n) is 8.21. The molecule has 1 amide bonds. The van der Waals surface area contributed by atoms with Crippen LogP contribution in [-0.2, 0) is 9.71 Å². The van der Waals surface area contributed by atoms with Crippen LogP contribution < -0.4 is 15.2 Å². The molecule has 0 fully saturated rings. The second-order valence-corrected chi connectivity index (χ2v) is 6.48. The van der Waals surface area contributed by atoms with Crippen LogP contribution in [0, 0.1) is 5.82 Å². The Morgan fingerprint density at radius 3 is 2.08 bits per heavy atom. The molecule has 3 N–H and O–H groups in total. The number of hydrogen-bond donors (Lipinski definition) is 2. The van der Waals surface area contributed by atoms with Gasteiger partial charge >= 0.3 is 0 Å². The molecule has 0 heterocycles. The van der Waals surface area contributed by atoms with Crippen LogP contribution in [0.1, 0.15) is 38.1 Å². The van der Waals surface area contributed by atoms with Crippen LogP contribution in [-0.4, -0.2) is 23.1 Å². The molecule has 0 saturated heterocycles. The van der Waals surface area contributed by atoms with E-state index < -0.39 is 21.4 Å². The molecule has 0 aliphatic carbocycles. The van der Waals surface area contributed by atoms with Crippen molar-refractivity contribution >= 4 is 27.2 Å². The molecule has 0 aliphatic heterocycles. The number of amides is 1. The van der Waals surface area contributed by atoms with E-state index >= 15 is 0 Å². The molecule has 1 atom stereocenters. The predicted molar refractivity (Wildman–Crippen MR) is 108 cm³/mol. The number of carbonyl (C=O) groups is 1. The van der Waals surface area contributed by atoms with Gasteiger partial charge in [0.1, 0.15) is 0 Å². The van der Waals surface area contributed by atoms with Gasteiger partial charge in [0, 0.05) is 16.1 Å². The minimum absolute atomic E-state index is 0.0639. The van der Waals surface area contributed by atoms with Crippen LogP contribution >= 0.6 is 0 Å². The van der Waals surface area contributed by atoms with Crippen molar-refractivity contribution in [1.82, 2.24) is 0 Å². The zero-order valence-corrected chi connectivity index (χ0v) is 16.7. The van der Waals surface area contributed by atoms with Gasteiger partial charge in [0.15, 0.2) is 11.6 Å². The van der Waals surface area contributed by atoms with Crippen molar-refractivity contribution in [2.45, 2.75) is 32.6 Å². The third kappa shape index (κ3) is 6.85. The lowest BCUT2D eigenvalue weighted by atomic mass is 10.2. The van der Waals surface area contributed by atoms with Crippen LogP contribution in [0.2, 0.25) is 0 Å². The Morgan fingerprint density at radius 2 is 1.65 bits per heavy atom. The van der Waals surface area contributed by atoms with Gasteiger partial charge in [-0.15, -0.1) is 0 Å². The van der Waals surface area contributed by atoms with E-state index in [0.29, 0.717) is 10.6 Å². The van der Waals surface area contributed by atoms with Gasteiger partial charge in [-0.3, -0.25) is 9.93 Å². The molecule has 0 radical (unpaired) electrons. The molecule has 2 rings (SSSR count). The van der Waals surface area contributed by atoms with E-state index in [-0.39, 0.29) is 11.3 Å². The highest BCUT2D eigenvalue weighted by atomic mass is 32.2. The SMILES string of the molecule is C=S(N)(=O)c1ccc(NC(=O)c2ccc(OC)c(F)c2)cc1.CC.CC. The normalized spacial score (nSPS) is 11.7. The lowest BCUT2D eigenvalue weighted by Crippen LogP contribution is -2.14.